The van der Waals surface area contributed by atoms with Crippen LogP contribution in [-0.2, 0) is 19.4 Å². The summed E-state index contributed by atoms with van der Waals surface area (Å²) in [6.07, 6.45) is -4.42. The molecule has 1 aromatic carbocycles. The summed E-state index contributed by atoms with van der Waals surface area (Å²) in [5.74, 6) is -0.371. The molecule has 0 bridgehead atoms. The van der Waals surface area contributed by atoms with Crippen molar-refractivity contribution in [2.24, 2.45) is 0 Å². The topological polar surface area (TPSA) is 69.8 Å². The number of benzene rings is 1. The third-order valence-electron chi connectivity index (χ3n) is 3.90. The lowest BCUT2D eigenvalue weighted by Crippen LogP contribution is -2.25. The summed E-state index contributed by atoms with van der Waals surface area (Å²) in [7, 11) is 0. The molecule has 0 saturated heterocycles. The molecular formula is C16H17F3N4O. The maximum Gasteiger partial charge on any atom is 0.389 e. The lowest BCUT2D eigenvalue weighted by Gasteiger charge is -2.13. The molecule has 0 saturated carbocycles. The fraction of sp³-hybridized carbons (Fsp3) is 0.375. The van der Waals surface area contributed by atoms with Gasteiger partial charge in [-0.3, -0.25) is 9.89 Å². The van der Waals surface area contributed by atoms with Gasteiger partial charge in [0.1, 0.15) is 0 Å². The summed E-state index contributed by atoms with van der Waals surface area (Å²) in [5.41, 5.74) is 3.08. The number of amides is 1. The third-order valence-corrected chi connectivity index (χ3v) is 3.90. The van der Waals surface area contributed by atoms with Crippen LogP contribution in [0.4, 0.5) is 18.9 Å². The standard InChI is InChI=1S/C16H17F3N4O/c17-16(18,19)6-4-10-2-1-3-11(8-10)21-15(24)14-12-9-20-7-5-13(12)22-23-14/h1-3,8,20H,4-7,9H2,(H,21,24)(H,22,23). The Balaban J connectivity index is 1.69. The Morgan fingerprint density at radius 3 is 2.96 bits per heavy atom. The van der Waals surface area contributed by atoms with Crippen molar-refractivity contribution < 1.29 is 18.0 Å². The molecule has 1 aromatic heterocycles. The molecule has 0 unspecified atom stereocenters. The van der Waals surface area contributed by atoms with E-state index >= 15 is 0 Å². The van der Waals surface area contributed by atoms with E-state index in [2.05, 4.69) is 20.8 Å². The first-order valence-corrected chi connectivity index (χ1v) is 7.66. The number of nitrogens with one attached hydrogen (secondary N) is 3. The Labute approximate surface area is 136 Å². The van der Waals surface area contributed by atoms with E-state index in [0.29, 0.717) is 23.5 Å². The zero-order chi connectivity index (χ0) is 17.2. The number of alkyl halides is 3. The molecule has 0 radical (unpaired) electrons. The van der Waals surface area contributed by atoms with E-state index in [1.54, 1.807) is 24.3 Å². The minimum atomic E-state index is -4.19. The molecule has 8 heteroatoms. The second-order valence-electron chi connectivity index (χ2n) is 5.73. The van der Waals surface area contributed by atoms with Crippen molar-refractivity contribution in [3.63, 3.8) is 0 Å². The third kappa shape index (κ3) is 3.94. The lowest BCUT2D eigenvalue weighted by atomic mass is 10.1. The Hall–Kier alpha value is -2.35. The lowest BCUT2D eigenvalue weighted by molar-refractivity contribution is -0.134. The number of aromatic nitrogens is 2. The number of rotatable bonds is 4. The van der Waals surface area contributed by atoms with Crippen molar-refractivity contribution in [3.8, 4) is 0 Å². The van der Waals surface area contributed by atoms with Crippen LogP contribution in [-0.4, -0.2) is 28.8 Å². The number of nitrogens with zero attached hydrogens (tertiary/aromatic N) is 1. The van der Waals surface area contributed by atoms with E-state index in [-0.39, 0.29) is 12.3 Å². The summed E-state index contributed by atoms with van der Waals surface area (Å²) in [6, 6.07) is 6.44. The van der Waals surface area contributed by atoms with Gasteiger partial charge in [-0.25, -0.2) is 0 Å². The van der Waals surface area contributed by atoms with Crippen molar-refractivity contribution in [2.75, 3.05) is 11.9 Å². The molecular weight excluding hydrogens is 321 g/mol. The van der Waals surface area contributed by atoms with Gasteiger partial charge in [0.15, 0.2) is 5.69 Å². The maximum atomic E-state index is 12.4. The van der Waals surface area contributed by atoms with Crippen molar-refractivity contribution in [3.05, 3.63) is 46.8 Å². The molecule has 1 amide bonds. The number of halogens is 3. The summed E-state index contributed by atoms with van der Waals surface area (Å²) in [5, 5.41) is 12.8. The maximum absolute atomic E-state index is 12.4. The van der Waals surface area contributed by atoms with E-state index in [4.69, 9.17) is 0 Å². The molecule has 0 fully saturated rings. The zero-order valence-corrected chi connectivity index (χ0v) is 12.8. The second kappa shape index (κ2) is 6.64. The van der Waals surface area contributed by atoms with Crippen LogP contribution < -0.4 is 10.6 Å². The Morgan fingerprint density at radius 2 is 2.17 bits per heavy atom. The highest BCUT2D eigenvalue weighted by atomic mass is 19.4. The van der Waals surface area contributed by atoms with Gasteiger partial charge in [-0.05, 0) is 24.1 Å². The van der Waals surface area contributed by atoms with Crippen molar-refractivity contribution in [1.29, 1.82) is 0 Å². The highest BCUT2D eigenvalue weighted by molar-refractivity contribution is 6.04. The summed E-state index contributed by atoms with van der Waals surface area (Å²) in [6.45, 7) is 1.40. The Bertz CT molecular complexity index is 739. The number of anilines is 1. The highest BCUT2D eigenvalue weighted by Gasteiger charge is 2.26. The molecule has 0 spiro atoms. The van der Waals surface area contributed by atoms with Gasteiger partial charge in [-0.1, -0.05) is 12.1 Å². The predicted molar refractivity (Wildman–Crippen MR) is 82.8 cm³/mol. The van der Waals surface area contributed by atoms with E-state index < -0.39 is 12.6 Å². The smallest absolute Gasteiger partial charge is 0.321 e. The molecule has 5 nitrogen and oxygen atoms in total. The van der Waals surface area contributed by atoms with Crippen LogP contribution in [0.3, 0.4) is 0 Å². The van der Waals surface area contributed by atoms with Gasteiger partial charge in [0.05, 0.1) is 0 Å². The first-order valence-electron chi connectivity index (χ1n) is 7.66. The average Bonchev–Trinajstić information content (AvgIpc) is 2.97. The van der Waals surface area contributed by atoms with Crippen LogP contribution in [0.1, 0.15) is 33.7 Å². The van der Waals surface area contributed by atoms with Gasteiger partial charge in [0, 0.05) is 42.9 Å². The van der Waals surface area contributed by atoms with E-state index in [1.807, 2.05) is 0 Å². The Morgan fingerprint density at radius 1 is 1.33 bits per heavy atom. The van der Waals surface area contributed by atoms with E-state index in [1.165, 1.54) is 0 Å². The number of carbonyl (C=O) groups is 1. The number of H-pyrrole nitrogens is 1. The molecule has 1 aliphatic rings. The number of hydrogen-bond donors (Lipinski definition) is 3. The van der Waals surface area contributed by atoms with Crippen molar-refractivity contribution >= 4 is 11.6 Å². The number of hydrogen-bond acceptors (Lipinski definition) is 3. The van der Waals surface area contributed by atoms with Crippen LogP contribution in [0.5, 0.6) is 0 Å². The molecule has 2 aromatic rings. The molecule has 3 rings (SSSR count). The van der Waals surface area contributed by atoms with Gasteiger partial charge >= 0.3 is 6.18 Å². The molecule has 24 heavy (non-hydrogen) atoms. The molecule has 128 valence electrons. The summed E-state index contributed by atoms with van der Waals surface area (Å²) >= 11 is 0. The van der Waals surface area contributed by atoms with Gasteiger partial charge in [0.25, 0.3) is 5.91 Å². The average molecular weight is 338 g/mol. The first kappa shape index (κ1) is 16.5. The van der Waals surface area contributed by atoms with Crippen LogP contribution in [0.2, 0.25) is 0 Å². The minimum Gasteiger partial charge on any atom is -0.321 e. The van der Waals surface area contributed by atoms with Crippen molar-refractivity contribution in [1.82, 2.24) is 15.5 Å². The predicted octanol–water partition coefficient (Wildman–Crippen LogP) is 2.80. The molecule has 1 aliphatic heterocycles. The number of fused-ring (bicyclic) bond motifs is 1. The van der Waals surface area contributed by atoms with Crippen LogP contribution in [0, 0.1) is 0 Å². The number of aryl methyl sites for hydroxylation is 1. The number of aromatic amines is 1. The largest absolute Gasteiger partial charge is 0.389 e. The summed E-state index contributed by atoms with van der Waals surface area (Å²) < 4.78 is 36.9. The Kier molecular flexibility index (Phi) is 4.57. The zero-order valence-electron chi connectivity index (χ0n) is 12.8. The van der Waals surface area contributed by atoms with E-state index in [0.717, 1.165) is 24.2 Å². The number of carbonyl (C=O) groups excluding carboxylic acids is 1. The monoisotopic (exact) mass is 338 g/mol. The quantitative estimate of drug-likeness (QED) is 0.803. The fourth-order valence-electron chi connectivity index (χ4n) is 2.69. The molecule has 0 aliphatic carbocycles. The molecule has 3 N–H and O–H groups in total. The van der Waals surface area contributed by atoms with Crippen LogP contribution in [0.15, 0.2) is 24.3 Å². The first-order chi connectivity index (χ1) is 11.4. The van der Waals surface area contributed by atoms with Crippen molar-refractivity contribution in [2.45, 2.75) is 32.0 Å². The summed E-state index contributed by atoms with van der Waals surface area (Å²) in [4.78, 5) is 12.4. The van der Waals surface area contributed by atoms with Gasteiger partial charge < -0.3 is 10.6 Å². The van der Waals surface area contributed by atoms with Crippen LogP contribution >= 0.6 is 0 Å². The normalized spacial score (nSPS) is 14.3. The SMILES string of the molecule is O=C(Nc1cccc(CCC(F)(F)F)c1)c1n[nH]c2c1CNCC2. The molecule has 2 heterocycles. The van der Waals surface area contributed by atoms with Gasteiger partial charge in [-0.2, -0.15) is 18.3 Å². The fourth-order valence-corrected chi connectivity index (χ4v) is 2.69. The second-order valence-corrected chi connectivity index (χ2v) is 5.73. The minimum absolute atomic E-state index is 0.116. The van der Waals surface area contributed by atoms with Gasteiger partial charge in [-0.15, -0.1) is 0 Å². The van der Waals surface area contributed by atoms with Gasteiger partial charge in [0.2, 0.25) is 0 Å². The van der Waals surface area contributed by atoms with Crippen LogP contribution in [0.25, 0.3) is 0 Å². The van der Waals surface area contributed by atoms with E-state index in [9.17, 15) is 18.0 Å². The molecule has 0 atom stereocenters. The highest BCUT2D eigenvalue weighted by Crippen LogP contribution is 2.23.